The molecule has 92 valence electrons. The highest BCUT2D eigenvalue weighted by Crippen LogP contribution is 2.21. The molecule has 0 atom stereocenters. The van der Waals surface area contributed by atoms with E-state index in [1.807, 2.05) is 6.07 Å². The van der Waals surface area contributed by atoms with Gasteiger partial charge in [0.15, 0.2) is 0 Å². The largest absolute Gasteiger partial charge is 0.353 e. The molecule has 0 saturated carbocycles. The van der Waals surface area contributed by atoms with E-state index in [9.17, 15) is 0 Å². The minimum absolute atomic E-state index is 0. The van der Waals surface area contributed by atoms with Gasteiger partial charge in [0.05, 0.1) is 22.8 Å². The lowest BCUT2D eigenvalue weighted by Gasteiger charge is -2.00. The van der Waals surface area contributed by atoms with Crippen molar-refractivity contribution in [2.24, 2.45) is 10.1 Å². The zero-order chi connectivity index (χ0) is 11.4. The second kappa shape index (κ2) is 6.69. The van der Waals surface area contributed by atoms with Gasteiger partial charge in [0.25, 0.3) is 0 Å². The van der Waals surface area contributed by atoms with Crippen molar-refractivity contribution in [2.45, 2.75) is 0 Å². The summed E-state index contributed by atoms with van der Waals surface area (Å²) >= 11 is 11.7. The number of hydrazone groups is 1. The smallest absolute Gasteiger partial charge is 0.212 e. The summed E-state index contributed by atoms with van der Waals surface area (Å²) in [6.07, 6.45) is 1.66. The van der Waals surface area contributed by atoms with E-state index in [2.05, 4.69) is 20.8 Å². The Morgan fingerprint density at radius 3 is 2.82 bits per heavy atom. The summed E-state index contributed by atoms with van der Waals surface area (Å²) in [5, 5.41) is 8.12. The maximum Gasteiger partial charge on any atom is 0.212 e. The maximum atomic E-state index is 5.87. The highest BCUT2D eigenvalue weighted by atomic mass is 35.5. The van der Waals surface area contributed by atoms with E-state index < -0.39 is 0 Å². The normalized spacial score (nSPS) is 14.1. The van der Waals surface area contributed by atoms with Crippen molar-refractivity contribution >= 4 is 47.8 Å². The number of hydrogen-bond donors (Lipinski definition) is 2. The number of guanidine groups is 1. The van der Waals surface area contributed by atoms with Gasteiger partial charge in [0, 0.05) is 6.54 Å². The van der Waals surface area contributed by atoms with E-state index in [4.69, 9.17) is 23.2 Å². The lowest BCUT2D eigenvalue weighted by molar-refractivity contribution is 0.920. The van der Waals surface area contributed by atoms with Crippen LogP contribution in [0.3, 0.4) is 0 Å². The Hall–Kier alpha value is -0.970. The van der Waals surface area contributed by atoms with Gasteiger partial charge in [-0.3, -0.25) is 0 Å². The summed E-state index contributed by atoms with van der Waals surface area (Å²) in [5.41, 5.74) is 3.67. The predicted molar refractivity (Wildman–Crippen MR) is 74.7 cm³/mol. The van der Waals surface area contributed by atoms with E-state index in [-0.39, 0.29) is 12.4 Å². The molecule has 0 aromatic heterocycles. The summed E-state index contributed by atoms with van der Waals surface area (Å²) in [5.74, 6) is 0.691. The molecule has 17 heavy (non-hydrogen) atoms. The molecule has 1 aromatic carbocycles. The first-order valence-corrected chi connectivity index (χ1v) is 5.54. The van der Waals surface area contributed by atoms with Gasteiger partial charge in [-0.2, -0.15) is 5.10 Å². The molecule has 2 rings (SSSR count). The van der Waals surface area contributed by atoms with Crippen LogP contribution >= 0.6 is 35.6 Å². The zero-order valence-corrected chi connectivity index (χ0v) is 11.1. The first kappa shape index (κ1) is 14.1. The summed E-state index contributed by atoms with van der Waals surface area (Å²) in [7, 11) is 0. The molecule has 4 nitrogen and oxygen atoms in total. The van der Waals surface area contributed by atoms with Crippen molar-refractivity contribution in [3.05, 3.63) is 33.8 Å². The summed E-state index contributed by atoms with van der Waals surface area (Å²) < 4.78 is 0. The third kappa shape index (κ3) is 4.07. The molecule has 0 aliphatic carbocycles. The molecule has 1 aliphatic rings. The Morgan fingerprint density at radius 1 is 1.35 bits per heavy atom. The van der Waals surface area contributed by atoms with Crippen LogP contribution in [-0.4, -0.2) is 25.3 Å². The molecule has 0 unspecified atom stereocenters. The van der Waals surface area contributed by atoms with Crippen molar-refractivity contribution in [1.82, 2.24) is 10.7 Å². The Kier molecular flexibility index (Phi) is 5.55. The Morgan fingerprint density at radius 2 is 2.18 bits per heavy atom. The van der Waals surface area contributed by atoms with Crippen LogP contribution in [0.2, 0.25) is 10.0 Å². The van der Waals surface area contributed by atoms with Crippen molar-refractivity contribution in [2.75, 3.05) is 13.1 Å². The first-order valence-electron chi connectivity index (χ1n) is 4.78. The molecule has 0 spiro atoms. The Labute approximate surface area is 116 Å². The van der Waals surface area contributed by atoms with Crippen molar-refractivity contribution in [1.29, 1.82) is 0 Å². The molecule has 0 amide bonds. The van der Waals surface area contributed by atoms with Gasteiger partial charge in [-0.1, -0.05) is 29.3 Å². The van der Waals surface area contributed by atoms with Crippen LogP contribution in [0.15, 0.2) is 28.3 Å². The van der Waals surface area contributed by atoms with Crippen LogP contribution in [0.1, 0.15) is 5.56 Å². The van der Waals surface area contributed by atoms with Crippen LogP contribution in [-0.2, 0) is 0 Å². The molecule has 0 bridgehead atoms. The Balaban J connectivity index is 0.00000144. The standard InChI is InChI=1S/C10H10Cl2N4.ClH/c11-8-2-1-7(5-9(8)12)6-15-16-10-13-3-4-14-10;/h1-2,5-6H,3-4H2,(H2,13,14,16);1H/b15-6+;. The lowest BCUT2D eigenvalue weighted by atomic mass is 10.2. The zero-order valence-electron chi connectivity index (χ0n) is 8.78. The molecule has 7 heteroatoms. The number of halogens is 3. The fraction of sp³-hybridized carbons (Fsp3) is 0.200. The minimum Gasteiger partial charge on any atom is -0.353 e. The van der Waals surface area contributed by atoms with Crippen molar-refractivity contribution in [3.63, 3.8) is 0 Å². The summed E-state index contributed by atoms with van der Waals surface area (Å²) in [6.45, 7) is 1.63. The Bertz CT molecular complexity index is 445. The van der Waals surface area contributed by atoms with Gasteiger partial charge in [-0.15, -0.1) is 12.4 Å². The summed E-state index contributed by atoms with van der Waals surface area (Å²) in [6, 6.07) is 5.32. The minimum atomic E-state index is 0. The predicted octanol–water partition coefficient (Wildman–Crippen LogP) is 2.30. The monoisotopic (exact) mass is 292 g/mol. The molecule has 1 aliphatic heterocycles. The second-order valence-electron chi connectivity index (χ2n) is 3.20. The van der Waals surface area contributed by atoms with Gasteiger partial charge in [-0.05, 0) is 17.7 Å². The fourth-order valence-electron chi connectivity index (χ4n) is 1.23. The van der Waals surface area contributed by atoms with E-state index >= 15 is 0 Å². The topological polar surface area (TPSA) is 48.8 Å². The number of benzene rings is 1. The molecule has 1 heterocycles. The van der Waals surface area contributed by atoms with E-state index in [0.717, 1.165) is 18.7 Å². The molecular formula is C10H11Cl3N4. The second-order valence-corrected chi connectivity index (χ2v) is 4.02. The SMILES string of the molecule is Cl.Clc1ccc(/C=N/NC2=NCCN2)cc1Cl. The number of nitrogens with one attached hydrogen (secondary N) is 2. The molecular weight excluding hydrogens is 282 g/mol. The van der Waals surface area contributed by atoms with E-state index in [1.165, 1.54) is 0 Å². The first-order chi connectivity index (χ1) is 7.75. The molecule has 1 aromatic rings. The van der Waals surface area contributed by atoms with Crippen LogP contribution < -0.4 is 10.7 Å². The number of rotatable bonds is 2. The molecule has 2 N–H and O–H groups in total. The average molecular weight is 294 g/mol. The van der Waals surface area contributed by atoms with Gasteiger partial charge in [0.2, 0.25) is 5.96 Å². The number of hydrogen-bond acceptors (Lipinski definition) is 4. The lowest BCUT2D eigenvalue weighted by Crippen LogP contribution is -2.30. The maximum absolute atomic E-state index is 5.87. The molecule has 0 saturated heterocycles. The van der Waals surface area contributed by atoms with E-state index in [0.29, 0.717) is 16.0 Å². The van der Waals surface area contributed by atoms with Gasteiger partial charge in [-0.25, -0.2) is 10.4 Å². The van der Waals surface area contributed by atoms with Crippen LogP contribution in [0, 0.1) is 0 Å². The average Bonchev–Trinajstić information content (AvgIpc) is 2.76. The van der Waals surface area contributed by atoms with Crippen molar-refractivity contribution < 1.29 is 0 Å². The highest BCUT2D eigenvalue weighted by molar-refractivity contribution is 6.42. The molecule has 0 fully saturated rings. The van der Waals surface area contributed by atoms with Crippen LogP contribution in [0.25, 0.3) is 0 Å². The van der Waals surface area contributed by atoms with Gasteiger partial charge in [0.1, 0.15) is 0 Å². The van der Waals surface area contributed by atoms with Gasteiger partial charge >= 0.3 is 0 Å². The van der Waals surface area contributed by atoms with Gasteiger partial charge < -0.3 is 5.32 Å². The quantitative estimate of drug-likeness (QED) is 0.649. The van der Waals surface area contributed by atoms with Crippen molar-refractivity contribution in [3.8, 4) is 0 Å². The third-order valence-corrected chi connectivity index (χ3v) is 2.74. The molecule has 0 radical (unpaired) electrons. The number of nitrogens with zero attached hydrogens (tertiary/aromatic N) is 2. The highest BCUT2D eigenvalue weighted by Gasteiger charge is 2.01. The van der Waals surface area contributed by atoms with Crippen LogP contribution in [0.4, 0.5) is 0 Å². The third-order valence-electron chi connectivity index (χ3n) is 2.00. The summed E-state index contributed by atoms with van der Waals surface area (Å²) in [4.78, 5) is 4.13. The van der Waals surface area contributed by atoms with E-state index in [1.54, 1.807) is 18.3 Å². The number of aliphatic imine (C=N–C) groups is 1. The van der Waals surface area contributed by atoms with Crippen LogP contribution in [0.5, 0.6) is 0 Å². The fourth-order valence-corrected chi connectivity index (χ4v) is 1.54.